The molecule has 78 valence electrons. The molecule has 0 aliphatic carbocycles. The molecular formula is C11H12N2O2. The van der Waals surface area contributed by atoms with Crippen molar-refractivity contribution in [2.45, 2.75) is 19.9 Å². The van der Waals surface area contributed by atoms with Crippen LogP contribution in [-0.2, 0) is 13.0 Å². The summed E-state index contributed by atoms with van der Waals surface area (Å²) in [4.78, 5) is 14.7. The summed E-state index contributed by atoms with van der Waals surface area (Å²) >= 11 is 0. The van der Waals surface area contributed by atoms with E-state index < -0.39 is 0 Å². The van der Waals surface area contributed by atoms with Gasteiger partial charge in [0.15, 0.2) is 12.0 Å². The van der Waals surface area contributed by atoms with Gasteiger partial charge in [0, 0.05) is 18.9 Å². The molecular weight excluding hydrogens is 192 g/mol. The number of nitrogens with zero attached hydrogens (tertiary/aromatic N) is 2. The molecule has 0 unspecified atom stereocenters. The number of carbonyl (C=O) groups excluding carboxylic acids is 1. The van der Waals surface area contributed by atoms with Crippen LogP contribution < -0.4 is 0 Å². The predicted molar refractivity (Wildman–Crippen MR) is 54.8 cm³/mol. The first kappa shape index (κ1) is 9.71. The maximum absolute atomic E-state index is 10.4. The molecule has 2 rings (SSSR count). The molecule has 0 aromatic carbocycles. The third-order valence-corrected chi connectivity index (χ3v) is 2.27. The van der Waals surface area contributed by atoms with Gasteiger partial charge in [0.2, 0.25) is 0 Å². The molecule has 0 spiro atoms. The van der Waals surface area contributed by atoms with Crippen LogP contribution >= 0.6 is 0 Å². The third kappa shape index (κ3) is 1.98. The van der Waals surface area contributed by atoms with Gasteiger partial charge in [-0.15, -0.1) is 0 Å². The van der Waals surface area contributed by atoms with E-state index in [4.69, 9.17) is 4.42 Å². The molecule has 0 saturated carbocycles. The highest BCUT2D eigenvalue weighted by Gasteiger charge is 2.06. The average Bonchev–Trinajstić information content (AvgIpc) is 2.87. The first-order chi connectivity index (χ1) is 7.33. The molecule has 15 heavy (non-hydrogen) atoms. The summed E-state index contributed by atoms with van der Waals surface area (Å²) in [5.74, 6) is 2.07. The van der Waals surface area contributed by atoms with Crippen LogP contribution in [0.1, 0.15) is 29.1 Å². The minimum atomic E-state index is 0.361. The summed E-state index contributed by atoms with van der Waals surface area (Å²) in [6.45, 7) is 2.95. The summed E-state index contributed by atoms with van der Waals surface area (Å²) in [7, 11) is 0. The number of hydrogen-bond donors (Lipinski definition) is 0. The Morgan fingerprint density at radius 1 is 1.53 bits per heavy atom. The number of aromatic nitrogens is 2. The van der Waals surface area contributed by atoms with E-state index in [1.165, 1.54) is 0 Å². The summed E-state index contributed by atoms with van der Waals surface area (Å²) in [6.07, 6.45) is 5.02. The number of carbonyl (C=O) groups is 1. The topological polar surface area (TPSA) is 48.0 Å². The van der Waals surface area contributed by atoms with E-state index in [1.54, 1.807) is 18.3 Å². The molecule has 2 heterocycles. The minimum absolute atomic E-state index is 0.361. The van der Waals surface area contributed by atoms with Crippen LogP contribution in [0.3, 0.4) is 0 Å². The van der Waals surface area contributed by atoms with Crippen LogP contribution in [0.2, 0.25) is 0 Å². The molecule has 0 atom stereocenters. The Labute approximate surface area is 87.5 Å². The van der Waals surface area contributed by atoms with Crippen molar-refractivity contribution in [3.63, 3.8) is 0 Å². The molecule has 4 nitrogen and oxygen atoms in total. The Hall–Kier alpha value is -1.84. The molecule has 0 N–H and O–H groups in total. The second-order valence-electron chi connectivity index (χ2n) is 3.23. The Morgan fingerprint density at radius 3 is 3.07 bits per heavy atom. The van der Waals surface area contributed by atoms with Crippen molar-refractivity contribution in [2.75, 3.05) is 0 Å². The molecule has 4 heteroatoms. The minimum Gasteiger partial charge on any atom is -0.458 e. The van der Waals surface area contributed by atoms with Gasteiger partial charge in [-0.2, -0.15) is 0 Å². The lowest BCUT2D eigenvalue weighted by molar-refractivity contribution is 0.109. The van der Waals surface area contributed by atoms with E-state index in [1.807, 2.05) is 10.8 Å². The molecule has 0 saturated heterocycles. The first-order valence-corrected chi connectivity index (χ1v) is 4.87. The number of aryl methyl sites for hydroxylation is 1. The Morgan fingerprint density at radius 2 is 2.40 bits per heavy atom. The lowest BCUT2D eigenvalue weighted by Gasteiger charge is -2.01. The Balaban J connectivity index is 2.17. The second-order valence-corrected chi connectivity index (χ2v) is 3.23. The number of rotatable bonds is 4. The van der Waals surface area contributed by atoms with Crippen molar-refractivity contribution < 1.29 is 9.21 Å². The van der Waals surface area contributed by atoms with Crippen molar-refractivity contribution >= 4 is 6.29 Å². The molecule has 2 aromatic heterocycles. The Bertz CT molecular complexity index is 457. The van der Waals surface area contributed by atoms with Gasteiger partial charge in [-0.05, 0) is 19.1 Å². The van der Waals surface area contributed by atoms with E-state index in [0.717, 1.165) is 18.1 Å². The highest BCUT2D eigenvalue weighted by atomic mass is 16.3. The predicted octanol–water partition coefficient (Wildman–Crippen LogP) is 1.90. The Kier molecular flexibility index (Phi) is 2.67. The van der Waals surface area contributed by atoms with Crippen LogP contribution in [0.4, 0.5) is 0 Å². The largest absolute Gasteiger partial charge is 0.458 e. The van der Waals surface area contributed by atoms with Crippen molar-refractivity contribution in [3.8, 4) is 0 Å². The lowest BCUT2D eigenvalue weighted by Crippen LogP contribution is -2.00. The smallest absolute Gasteiger partial charge is 0.185 e. The standard InChI is InChI=1S/C11H12N2O2/c1-2-13-6-5-12-11(13)7-9-3-4-10(8-14)15-9/h3-6,8H,2,7H2,1H3. The average molecular weight is 204 g/mol. The van der Waals surface area contributed by atoms with Gasteiger partial charge in [0.05, 0.1) is 6.42 Å². The second kappa shape index (κ2) is 4.13. The molecule has 0 aliphatic rings. The van der Waals surface area contributed by atoms with Gasteiger partial charge < -0.3 is 8.98 Å². The van der Waals surface area contributed by atoms with E-state index >= 15 is 0 Å². The highest BCUT2D eigenvalue weighted by Crippen LogP contribution is 2.11. The lowest BCUT2D eigenvalue weighted by atomic mass is 10.3. The fourth-order valence-electron chi connectivity index (χ4n) is 1.50. The van der Waals surface area contributed by atoms with Crippen molar-refractivity contribution in [2.24, 2.45) is 0 Å². The molecule has 0 amide bonds. The molecule has 0 bridgehead atoms. The van der Waals surface area contributed by atoms with Crippen molar-refractivity contribution in [1.29, 1.82) is 0 Å². The third-order valence-electron chi connectivity index (χ3n) is 2.27. The molecule has 0 radical (unpaired) electrons. The number of furan rings is 1. The van der Waals surface area contributed by atoms with Gasteiger partial charge in [-0.3, -0.25) is 4.79 Å². The van der Waals surface area contributed by atoms with E-state index in [0.29, 0.717) is 18.5 Å². The van der Waals surface area contributed by atoms with Gasteiger partial charge >= 0.3 is 0 Å². The van der Waals surface area contributed by atoms with Gasteiger partial charge in [0.25, 0.3) is 0 Å². The zero-order valence-corrected chi connectivity index (χ0v) is 8.51. The quantitative estimate of drug-likeness (QED) is 0.714. The van der Waals surface area contributed by atoms with E-state index in [9.17, 15) is 4.79 Å². The number of imidazole rings is 1. The van der Waals surface area contributed by atoms with Gasteiger partial charge in [-0.1, -0.05) is 0 Å². The van der Waals surface area contributed by atoms with Crippen LogP contribution in [0, 0.1) is 0 Å². The van der Waals surface area contributed by atoms with E-state index in [2.05, 4.69) is 11.9 Å². The summed E-state index contributed by atoms with van der Waals surface area (Å²) in [5.41, 5.74) is 0. The van der Waals surface area contributed by atoms with Gasteiger partial charge in [-0.25, -0.2) is 4.98 Å². The van der Waals surface area contributed by atoms with Crippen LogP contribution in [0.15, 0.2) is 28.9 Å². The maximum atomic E-state index is 10.4. The van der Waals surface area contributed by atoms with Crippen LogP contribution in [-0.4, -0.2) is 15.8 Å². The fraction of sp³-hybridized carbons (Fsp3) is 0.273. The van der Waals surface area contributed by atoms with Crippen LogP contribution in [0.5, 0.6) is 0 Å². The monoisotopic (exact) mass is 204 g/mol. The van der Waals surface area contributed by atoms with Crippen molar-refractivity contribution in [1.82, 2.24) is 9.55 Å². The maximum Gasteiger partial charge on any atom is 0.185 e. The van der Waals surface area contributed by atoms with Gasteiger partial charge in [0.1, 0.15) is 11.6 Å². The SMILES string of the molecule is CCn1ccnc1Cc1ccc(C=O)o1. The number of hydrogen-bond acceptors (Lipinski definition) is 3. The van der Waals surface area contributed by atoms with Crippen LogP contribution in [0.25, 0.3) is 0 Å². The van der Waals surface area contributed by atoms with Crippen molar-refractivity contribution in [3.05, 3.63) is 41.9 Å². The number of aldehydes is 1. The molecule has 0 fully saturated rings. The highest BCUT2D eigenvalue weighted by molar-refractivity contribution is 5.70. The summed E-state index contributed by atoms with van der Waals surface area (Å²) in [6, 6.07) is 3.47. The van der Waals surface area contributed by atoms with E-state index in [-0.39, 0.29) is 0 Å². The fourth-order valence-corrected chi connectivity index (χ4v) is 1.50. The first-order valence-electron chi connectivity index (χ1n) is 4.87. The zero-order chi connectivity index (χ0) is 10.7. The summed E-state index contributed by atoms with van der Waals surface area (Å²) < 4.78 is 7.33. The molecule has 2 aromatic rings. The normalized spacial score (nSPS) is 10.5. The zero-order valence-electron chi connectivity index (χ0n) is 8.51. The summed E-state index contributed by atoms with van der Waals surface area (Å²) in [5, 5.41) is 0. The molecule has 0 aliphatic heterocycles.